The molecule has 5 atom stereocenters. The van der Waals surface area contributed by atoms with Gasteiger partial charge >= 0.3 is 11.9 Å². The van der Waals surface area contributed by atoms with Gasteiger partial charge < -0.3 is 29.4 Å². The first kappa shape index (κ1) is 28.2. The summed E-state index contributed by atoms with van der Waals surface area (Å²) in [6.07, 6.45) is 8.98. The van der Waals surface area contributed by atoms with E-state index in [-0.39, 0.29) is 18.9 Å². The number of aromatic amines is 1. The van der Waals surface area contributed by atoms with Crippen molar-refractivity contribution in [2.75, 3.05) is 0 Å². The van der Waals surface area contributed by atoms with Gasteiger partial charge in [0.1, 0.15) is 12.2 Å². The fraction of sp³-hybridized carbons (Fsp3) is 0.643. The van der Waals surface area contributed by atoms with Gasteiger partial charge in [-0.1, -0.05) is 63.1 Å². The van der Waals surface area contributed by atoms with Gasteiger partial charge in [0.15, 0.2) is 6.29 Å². The molecular weight excluding hydrogens is 462 g/mol. The average molecular weight is 504 g/mol. The summed E-state index contributed by atoms with van der Waals surface area (Å²) in [5, 5.41) is 20.0. The van der Waals surface area contributed by atoms with Crippen molar-refractivity contribution in [2.24, 2.45) is 0 Å². The molecule has 200 valence electrons. The molecule has 1 aliphatic rings. The molecule has 5 unspecified atom stereocenters. The number of para-hydroxylation sites is 1. The minimum absolute atomic E-state index is 0.0433. The number of carbonyl (C=O) groups is 2. The number of H-pyrrole nitrogens is 1. The fourth-order valence-corrected chi connectivity index (χ4v) is 4.70. The van der Waals surface area contributed by atoms with Crippen LogP contribution < -0.4 is 0 Å². The smallest absolute Gasteiger partial charge is 0.340 e. The summed E-state index contributed by atoms with van der Waals surface area (Å²) in [6, 6.07) is 7.55. The molecular formula is C28H41NO7. The Bertz CT molecular complexity index is 958. The van der Waals surface area contributed by atoms with E-state index in [0.717, 1.165) is 62.3 Å². The highest BCUT2D eigenvalue weighted by Crippen LogP contribution is 2.27. The van der Waals surface area contributed by atoms with Crippen LogP contribution in [0.5, 0.6) is 0 Å². The SMILES string of the molecule is CC(CCCCCCCCCCC(=O)O)OC1OC(C)C(OC(=O)c2c[nH]c3ccccc23)CC1O. The van der Waals surface area contributed by atoms with Crippen LogP contribution in [-0.2, 0) is 19.0 Å². The number of fused-ring (bicyclic) bond motifs is 1. The summed E-state index contributed by atoms with van der Waals surface area (Å²) < 4.78 is 17.6. The molecule has 8 heteroatoms. The van der Waals surface area contributed by atoms with E-state index < -0.39 is 36.5 Å². The average Bonchev–Trinajstić information content (AvgIpc) is 3.27. The van der Waals surface area contributed by atoms with Crippen molar-refractivity contribution >= 4 is 22.8 Å². The molecule has 0 bridgehead atoms. The lowest BCUT2D eigenvalue weighted by molar-refractivity contribution is -0.273. The van der Waals surface area contributed by atoms with E-state index in [1.165, 1.54) is 6.42 Å². The topological polar surface area (TPSA) is 118 Å². The normalized spacial score (nSPS) is 23.0. The van der Waals surface area contributed by atoms with Crippen molar-refractivity contribution < 1.29 is 34.0 Å². The third kappa shape index (κ3) is 8.61. The highest BCUT2D eigenvalue weighted by Gasteiger charge is 2.38. The largest absolute Gasteiger partial charge is 0.481 e. The standard InChI is InChI=1S/C28H41NO7/c1-19(13-9-7-5-3-4-6-8-10-16-26(31)32)34-28-24(30)17-25(20(2)35-28)36-27(33)22-18-29-23-15-12-11-14-21(22)23/h11-12,14-15,18-20,24-25,28-30H,3-10,13,16-17H2,1-2H3,(H,31,32). The summed E-state index contributed by atoms with van der Waals surface area (Å²) in [7, 11) is 0. The number of carboxylic acid groups (broad SMARTS) is 1. The minimum Gasteiger partial charge on any atom is -0.481 e. The van der Waals surface area contributed by atoms with Crippen LogP contribution in [-0.4, -0.2) is 57.8 Å². The predicted molar refractivity (Wildman–Crippen MR) is 137 cm³/mol. The van der Waals surface area contributed by atoms with Gasteiger partial charge in [-0.2, -0.15) is 0 Å². The summed E-state index contributed by atoms with van der Waals surface area (Å²) in [5.74, 6) is -1.15. The number of esters is 1. The lowest BCUT2D eigenvalue weighted by atomic mass is 10.0. The van der Waals surface area contributed by atoms with Crippen LogP contribution in [0.15, 0.2) is 30.5 Å². The maximum atomic E-state index is 12.8. The van der Waals surface area contributed by atoms with Crippen LogP contribution in [0.25, 0.3) is 10.9 Å². The molecule has 2 heterocycles. The van der Waals surface area contributed by atoms with Crippen molar-refractivity contribution in [1.82, 2.24) is 4.98 Å². The Morgan fingerprint density at radius 1 is 1.08 bits per heavy atom. The number of aliphatic hydroxyl groups is 1. The number of aromatic nitrogens is 1. The van der Waals surface area contributed by atoms with Crippen LogP contribution in [0, 0.1) is 0 Å². The highest BCUT2D eigenvalue weighted by atomic mass is 16.7. The first-order valence-corrected chi connectivity index (χ1v) is 13.3. The molecule has 1 aliphatic heterocycles. The van der Waals surface area contributed by atoms with E-state index >= 15 is 0 Å². The van der Waals surface area contributed by atoms with Gasteiger partial charge in [-0.05, 0) is 32.8 Å². The molecule has 0 spiro atoms. The third-order valence-electron chi connectivity index (χ3n) is 6.85. The van der Waals surface area contributed by atoms with Crippen molar-refractivity contribution in [1.29, 1.82) is 0 Å². The lowest BCUT2D eigenvalue weighted by Crippen LogP contribution is -2.49. The number of carboxylic acids is 1. The number of ether oxygens (including phenoxy) is 3. The zero-order valence-electron chi connectivity index (χ0n) is 21.5. The summed E-state index contributed by atoms with van der Waals surface area (Å²) in [4.78, 5) is 26.3. The molecule has 36 heavy (non-hydrogen) atoms. The van der Waals surface area contributed by atoms with Gasteiger partial charge in [-0.15, -0.1) is 0 Å². The van der Waals surface area contributed by atoms with Crippen molar-refractivity contribution in [2.45, 2.75) is 115 Å². The number of hydrogen-bond donors (Lipinski definition) is 3. The number of hydrogen-bond acceptors (Lipinski definition) is 6. The van der Waals surface area contributed by atoms with Crippen molar-refractivity contribution in [3.8, 4) is 0 Å². The number of unbranched alkanes of at least 4 members (excludes halogenated alkanes) is 7. The van der Waals surface area contributed by atoms with Crippen LogP contribution in [0.1, 0.15) is 94.8 Å². The molecule has 3 rings (SSSR count). The molecule has 0 radical (unpaired) electrons. The van der Waals surface area contributed by atoms with E-state index in [1.54, 1.807) is 6.20 Å². The Hall–Kier alpha value is -2.42. The molecule has 0 amide bonds. The molecule has 2 aromatic rings. The van der Waals surface area contributed by atoms with E-state index in [0.29, 0.717) is 5.56 Å². The number of carbonyl (C=O) groups excluding carboxylic acids is 1. The molecule has 1 aromatic carbocycles. The Labute approximate surface area is 213 Å². The van der Waals surface area contributed by atoms with E-state index in [1.807, 2.05) is 38.1 Å². The van der Waals surface area contributed by atoms with Gasteiger partial charge in [0, 0.05) is 29.9 Å². The van der Waals surface area contributed by atoms with E-state index in [2.05, 4.69) is 4.98 Å². The van der Waals surface area contributed by atoms with Gasteiger partial charge in [0.25, 0.3) is 0 Å². The van der Waals surface area contributed by atoms with Crippen molar-refractivity contribution in [3.05, 3.63) is 36.0 Å². The Kier molecular flexibility index (Phi) is 11.2. The number of benzene rings is 1. The second kappa shape index (κ2) is 14.4. The molecule has 1 fully saturated rings. The molecule has 1 saturated heterocycles. The molecule has 3 N–H and O–H groups in total. The molecule has 0 aliphatic carbocycles. The molecule has 0 saturated carbocycles. The first-order valence-electron chi connectivity index (χ1n) is 13.3. The van der Waals surface area contributed by atoms with Gasteiger partial charge in [0.05, 0.1) is 17.8 Å². The van der Waals surface area contributed by atoms with Gasteiger partial charge in [-0.25, -0.2) is 4.79 Å². The van der Waals surface area contributed by atoms with Crippen LogP contribution >= 0.6 is 0 Å². The summed E-state index contributed by atoms with van der Waals surface area (Å²) in [6.45, 7) is 3.83. The molecule has 8 nitrogen and oxygen atoms in total. The number of nitrogens with one attached hydrogen (secondary N) is 1. The highest BCUT2D eigenvalue weighted by molar-refractivity contribution is 6.04. The van der Waals surface area contributed by atoms with Crippen LogP contribution in [0.4, 0.5) is 0 Å². The second-order valence-corrected chi connectivity index (χ2v) is 9.91. The molecule has 1 aromatic heterocycles. The van der Waals surface area contributed by atoms with Crippen molar-refractivity contribution in [3.63, 3.8) is 0 Å². The van der Waals surface area contributed by atoms with Crippen LogP contribution in [0.2, 0.25) is 0 Å². The first-order chi connectivity index (χ1) is 17.3. The Balaban J connectivity index is 1.31. The third-order valence-corrected chi connectivity index (χ3v) is 6.85. The Morgan fingerprint density at radius 3 is 2.47 bits per heavy atom. The number of aliphatic hydroxyl groups excluding tert-OH is 1. The zero-order valence-corrected chi connectivity index (χ0v) is 21.5. The van der Waals surface area contributed by atoms with Gasteiger partial charge in [0.2, 0.25) is 0 Å². The minimum atomic E-state index is -0.870. The van der Waals surface area contributed by atoms with E-state index in [4.69, 9.17) is 19.3 Å². The maximum Gasteiger partial charge on any atom is 0.340 e. The second-order valence-electron chi connectivity index (χ2n) is 9.91. The van der Waals surface area contributed by atoms with E-state index in [9.17, 15) is 14.7 Å². The summed E-state index contributed by atoms with van der Waals surface area (Å²) in [5.41, 5.74) is 1.34. The zero-order chi connectivity index (χ0) is 25.9. The lowest BCUT2D eigenvalue weighted by Gasteiger charge is -2.38. The predicted octanol–water partition coefficient (Wildman–Crippen LogP) is 5.58. The monoisotopic (exact) mass is 503 g/mol. The maximum absolute atomic E-state index is 12.8. The fourth-order valence-electron chi connectivity index (χ4n) is 4.70. The quantitative estimate of drug-likeness (QED) is 0.214. The number of rotatable bonds is 15. The van der Waals surface area contributed by atoms with Gasteiger partial charge in [-0.3, -0.25) is 4.79 Å². The Morgan fingerprint density at radius 2 is 1.75 bits per heavy atom. The summed E-state index contributed by atoms with van der Waals surface area (Å²) >= 11 is 0. The number of aliphatic carboxylic acids is 1. The van der Waals surface area contributed by atoms with Crippen LogP contribution in [0.3, 0.4) is 0 Å².